The van der Waals surface area contributed by atoms with Crippen molar-refractivity contribution in [2.45, 2.75) is 13.8 Å². The van der Waals surface area contributed by atoms with Gasteiger partial charge in [0, 0.05) is 16.9 Å². The molecule has 1 aromatic rings. The Hall–Kier alpha value is -0.630. The van der Waals surface area contributed by atoms with E-state index in [4.69, 9.17) is 0 Å². The maximum Gasteiger partial charge on any atom is 0.0410 e. The summed E-state index contributed by atoms with van der Waals surface area (Å²) in [7, 11) is 0. The van der Waals surface area contributed by atoms with E-state index in [2.05, 4.69) is 46.9 Å². The fourth-order valence-corrected chi connectivity index (χ4v) is 1.21. The lowest BCUT2D eigenvalue weighted by molar-refractivity contribution is 0.836. The Morgan fingerprint density at radius 3 is 2.75 bits per heavy atom. The molecular formula is C10H12BrN. The number of rotatable bonds is 2. The van der Waals surface area contributed by atoms with Crippen molar-refractivity contribution in [3.8, 4) is 0 Å². The van der Waals surface area contributed by atoms with Crippen molar-refractivity contribution in [1.29, 1.82) is 0 Å². The first kappa shape index (κ1) is 9.46. The number of allylic oxidation sites excluding steroid dienone is 1. The molecule has 1 rings (SSSR count). The average Bonchev–Trinajstić information content (AvgIpc) is 2.01. The van der Waals surface area contributed by atoms with Crippen LogP contribution in [0.15, 0.2) is 29.0 Å². The molecule has 64 valence electrons. The monoisotopic (exact) mass is 225 g/mol. The molecule has 0 aromatic carbocycles. The minimum Gasteiger partial charge on any atom is -0.263 e. The van der Waals surface area contributed by atoms with Gasteiger partial charge in [-0.25, -0.2) is 0 Å². The van der Waals surface area contributed by atoms with Gasteiger partial charge in [-0.1, -0.05) is 26.0 Å². The maximum atomic E-state index is 4.06. The minimum absolute atomic E-state index is 0.587. The van der Waals surface area contributed by atoms with Crippen molar-refractivity contribution >= 4 is 22.0 Å². The molecule has 1 heterocycles. The van der Waals surface area contributed by atoms with Crippen molar-refractivity contribution < 1.29 is 0 Å². The third-order valence-electron chi connectivity index (χ3n) is 1.40. The summed E-state index contributed by atoms with van der Waals surface area (Å²) >= 11 is 3.37. The van der Waals surface area contributed by atoms with E-state index in [0.717, 1.165) is 10.0 Å². The molecule has 0 fully saturated rings. The number of halogens is 1. The molecule has 0 aliphatic rings. The normalized spacial score (nSPS) is 11.3. The van der Waals surface area contributed by atoms with Crippen LogP contribution in [0.5, 0.6) is 0 Å². The molecule has 0 N–H and O–H groups in total. The lowest BCUT2D eigenvalue weighted by Crippen LogP contribution is -1.79. The molecule has 0 aliphatic heterocycles. The third-order valence-corrected chi connectivity index (χ3v) is 1.83. The van der Waals surface area contributed by atoms with Crippen LogP contribution < -0.4 is 0 Å². The molecule has 2 heteroatoms. The lowest BCUT2D eigenvalue weighted by Gasteiger charge is -1.95. The van der Waals surface area contributed by atoms with Gasteiger partial charge >= 0.3 is 0 Å². The van der Waals surface area contributed by atoms with Gasteiger partial charge in [-0.15, -0.1) is 0 Å². The molecule has 0 aliphatic carbocycles. The number of pyridine rings is 1. The van der Waals surface area contributed by atoms with Gasteiger partial charge in [-0.2, -0.15) is 0 Å². The topological polar surface area (TPSA) is 12.9 Å². The fraction of sp³-hybridized carbons (Fsp3) is 0.300. The second-order valence-corrected chi connectivity index (χ2v) is 3.96. The van der Waals surface area contributed by atoms with Crippen molar-refractivity contribution in [3.05, 3.63) is 34.6 Å². The van der Waals surface area contributed by atoms with Crippen molar-refractivity contribution in [2.24, 2.45) is 5.92 Å². The van der Waals surface area contributed by atoms with Crippen LogP contribution in [-0.2, 0) is 0 Å². The number of nitrogens with zero attached hydrogens (tertiary/aromatic N) is 1. The highest BCUT2D eigenvalue weighted by Crippen LogP contribution is 2.11. The van der Waals surface area contributed by atoms with Gasteiger partial charge in [-0.3, -0.25) is 4.98 Å². The molecule has 0 amide bonds. The molecule has 0 saturated heterocycles. The van der Waals surface area contributed by atoms with E-state index >= 15 is 0 Å². The molecule has 1 nitrogen and oxygen atoms in total. The van der Waals surface area contributed by atoms with Gasteiger partial charge in [0.15, 0.2) is 0 Å². The minimum atomic E-state index is 0.587. The molecule has 1 aromatic heterocycles. The van der Waals surface area contributed by atoms with Crippen molar-refractivity contribution in [2.75, 3.05) is 0 Å². The van der Waals surface area contributed by atoms with Gasteiger partial charge in [0.05, 0.1) is 0 Å². The summed E-state index contributed by atoms with van der Waals surface area (Å²) < 4.78 is 1.02. The van der Waals surface area contributed by atoms with Crippen LogP contribution in [0.1, 0.15) is 19.4 Å². The third kappa shape index (κ3) is 3.18. The Balaban J connectivity index is 2.76. The van der Waals surface area contributed by atoms with Crippen LogP contribution in [0.4, 0.5) is 0 Å². The second kappa shape index (κ2) is 4.41. The van der Waals surface area contributed by atoms with Gasteiger partial charge in [0.1, 0.15) is 0 Å². The van der Waals surface area contributed by atoms with Gasteiger partial charge in [-0.05, 0) is 33.5 Å². The van der Waals surface area contributed by atoms with Crippen molar-refractivity contribution in [3.63, 3.8) is 0 Å². The lowest BCUT2D eigenvalue weighted by atomic mass is 10.1. The van der Waals surface area contributed by atoms with Crippen molar-refractivity contribution in [1.82, 2.24) is 4.98 Å². The number of aromatic nitrogens is 1. The van der Waals surface area contributed by atoms with E-state index in [9.17, 15) is 0 Å². The van der Waals surface area contributed by atoms with E-state index in [1.807, 2.05) is 12.3 Å². The summed E-state index contributed by atoms with van der Waals surface area (Å²) in [5, 5.41) is 0. The van der Waals surface area contributed by atoms with E-state index in [1.54, 1.807) is 6.20 Å². The van der Waals surface area contributed by atoms with Gasteiger partial charge in [0.2, 0.25) is 0 Å². The molecule has 12 heavy (non-hydrogen) atoms. The summed E-state index contributed by atoms with van der Waals surface area (Å²) in [6.45, 7) is 4.31. The van der Waals surface area contributed by atoms with Crippen LogP contribution in [0.25, 0.3) is 6.08 Å². The summed E-state index contributed by atoms with van der Waals surface area (Å²) in [6, 6.07) is 2.05. The van der Waals surface area contributed by atoms with Crippen LogP contribution in [0, 0.1) is 5.92 Å². The predicted octanol–water partition coefficient (Wildman–Crippen LogP) is 3.51. The van der Waals surface area contributed by atoms with E-state index in [-0.39, 0.29) is 0 Å². The zero-order valence-corrected chi connectivity index (χ0v) is 8.88. The Morgan fingerprint density at radius 2 is 2.17 bits per heavy atom. The Morgan fingerprint density at radius 1 is 1.42 bits per heavy atom. The first-order valence-electron chi connectivity index (χ1n) is 3.97. The smallest absolute Gasteiger partial charge is 0.0410 e. The van der Waals surface area contributed by atoms with E-state index in [1.165, 1.54) is 0 Å². The average molecular weight is 226 g/mol. The number of hydrogen-bond donors (Lipinski definition) is 0. The quantitative estimate of drug-likeness (QED) is 0.751. The van der Waals surface area contributed by atoms with E-state index in [0.29, 0.717) is 5.92 Å². The zero-order valence-electron chi connectivity index (χ0n) is 7.29. The first-order chi connectivity index (χ1) is 5.68. The predicted molar refractivity (Wildman–Crippen MR) is 55.8 cm³/mol. The van der Waals surface area contributed by atoms with Gasteiger partial charge < -0.3 is 0 Å². The SMILES string of the molecule is CC(C)/C=C/c1cncc(Br)c1. The molecular weight excluding hydrogens is 214 g/mol. The first-order valence-corrected chi connectivity index (χ1v) is 4.76. The molecule has 0 bridgehead atoms. The summed E-state index contributed by atoms with van der Waals surface area (Å²) in [6.07, 6.45) is 7.88. The molecule has 0 spiro atoms. The maximum absolute atomic E-state index is 4.06. The Bertz CT molecular complexity index is 279. The standard InChI is InChI=1S/C10H12BrN/c1-8(2)3-4-9-5-10(11)7-12-6-9/h3-8H,1-2H3/b4-3+. The Labute approximate surface area is 81.7 Å². The Kier molecular flexibility index (Phi) is 3.48. The van der Waals surface area contributed by atoms with Crippen LogP contribution >= 0.6 is 15.9 Å². The molecule has 0 atom stereocenters. The molecule has 0 unspecified atom stereocenters. The number of hydrogen-bond acceptors (Lipinski definition) is 1. The second-order valence-electron chi connectivity index (χ2n) is 3.04. The highest BCUT2D eigenvalue weighted by atomic mass is 79.9. The zero-order chi connectivity index (χ0) is 8.97. The van der Waals surface area contributed by atoms with E-state index < -0.39 is 0 Å². The van der Waals surface area contributed by atoms with Crippen LogP contribution in [-0.4, -0.2) is 4.98 Å². The highest BCUT2D eigenvalue weighted by Gasteiger charge is 1.90. The molecule has 0 saturated carbocycles. The fourth-order valence-electron chi connectivity index (χ4n) is 0.823. The largest absolute Gasteiger partial charge is 0.263 e. The summed E-state index contributed by atoms with van der Waals surface area (Å²) in [5.74, 6) is 0.587. The summed E-state index contributed by atoms with van der Waals surface area (Å²) in [4.78, 5) is 4.06. The van der Waals surface area contributed by atoms with Crippen LogP contribution in [0.2, 0.25) is 0 Å². The summed E-state index contributed by atoms with van der Waals surface area (Å²) in [5.41, 5.74) is 1.14. The van der Waals surface area contributed by atoms with Gasteiger partial charge in [0.25, 0.3) is 0 Å². The van der Waals surface area contributed by atoms with Crippen LogP contribution in [0.3, 0.4) is 0 Å². The highest BCUT2D eigenvalue weighted by molar-refractivity contribution is 9.10. The molecule has 0 radical (unpaired) electrons.